The van der Waals surface area contributed by atoms with Gasteiger partial charge in [-0.3, -0.25) is 19.2 Å². The highest BCUT2D eigenvalue weighted by Crippen LogP contribution is 2.20. The molecule has 252 valence electrons. The van der Waals surface area contributed by atoms with Crippen LogP contribution in [0.3, 0.4) is 0 Å². The number of hydrogen-bond acceptors (Lipinski definition) is 6. The molecule has 0 spiro atoms. The van der Waals surface area contributed by atoms with E-state index in [0.29, 0.717) is 31.4 Å². The molecule has 0 saturated heterocycles. The van der Waals surface area contributed by atoms with Crippen molar-refractivity contribution in [3.63, 3.8) is 0 Å². The van der Waals surface area contributed by atoms with E-state index in [-0.39, 0.29) is 37.0 Å². The number of hydrogen-bond donors (Lipinski definition) is 4. The van der Waals surface area contributed by atoms with Gasteiger partial charge in [-0.2, -0.15) is 0 Å². The zero-order chi connectivity index (χ0) is 34.5. The average Bonchev–Trinajstić information content (AvgIpc) is 3.10. The molecule has 9 nitrogen and oxygen atoms in total. The number of Topliss-reactive ketones (excluding diaryl/α,β-unsaturated/α-hetero) is 1. The fourth-order valence-electron chi connectivity index (χ4n) is 5.82. The van der Waals surface area contributed by atoms with Crippen LogP contribution in [-0.2, 0) is 33.8 Å². The van der Waals surface area contributed by atoms with Gasteiger partial charge < -0.3 is 27.0 Å². The molecule has 0 heterocycles. The van der Waals surface area contributed by atoms with Crippen molar-refractivity contribution in [1.82, 2.24) is 15.5 Å². The van der Waals surface area contributed by atoms with Crippen LogP contribution in [0.4, 0.5) is 0 Å². The second-order valence-electron chi connectivity index (χ2n) is 12.5. The predicted octanol–water partition coefficient (Wildman–Crippen LogP) is 4.16. The SMILES string of the molecule is CN(C)C(=O)C(CCCCN)NC(=O)C(CC(=O)C(Cc1ccc2ccccc2c1)NC(=O)c1cccc(CN)c1)Cc1ccccc1. The first-order chi connectivity index (χ1) is 23.2. The van der Waals surface area contributed by atoms with Gasteiger partial charge in [-0.25, -0.2) is 0 Å². The lowest BCUT2D eigenvalue weighted by Gasteiger charge is -2.26. The van der Waals surface area contributed by atoms with E-state index < -0.39 is 23.9 Å². The maximum absolute atomic E-state index is 14.2. The van der Waals surface area contributed by atoms with Crippen LogP contribution >= 0.6 is 0 Å². The maximum Gasteiger partial charge on any atom is 0.251 e. The number of rotatable bonds is 17. The van der Waals surface area contributed by atoms with Crippen molar-refractivity contribution in [1.29, 1.82) is 0 Å². The lowest BCUT2D eigenvalue weighted by Crippen LogP contribution is -2.49. The van der Waals surface area contributed by atoms with Gasteiger partial charge in [-0.05, 0) is 78.2 Å². The maximum atomic E-state index is 14.2. The summed E-state index contributed by atoms with van der Waals surface area (Å²) < 4.78 is 0. The van der Waals surface area contributed by atoms with E-state index in [4.69, 9.17) is 11.5 Å². The minimum Gasteiger partial charge on any atom is -0.347 e. The second kappa shape index (κ2) is 17.9. The summed E-state index contributed by atoms with van der Waals surface area (Å²) in [5.41, 5.74) is 14.5. The summed E-state index contributed by atoms with van der Waals surface area (Å²) in [7, 11) is 3.30. The Bertz CT molecular complexity index is 1690. The van der Waals surface area contributed by atoms with Crippen LogP contribution in [0.1, 0.15) is 52.7 Å². The first-order valence-corrected chi connectivity index (χ1v) is 16.5. The van der Waals surface area contributed by atoms with E-state index in [0.717, 1.165) is 33.9 Å². The Hall–Kier alpha value is -4.86. The molecule has 9 heteroatoms. The third-order valence-electron chi connectivity index (χ3n) is 8.52. The number of likely N-dealkylation sites (N-methyl/N-ethyl adjacent to an activating group) is 1. The number of unbranched alkanes of at least 4 members (excludes halogenated alkanes) is 1. The fraction of sp³-hybridized carbons (Fsp3) is 0.333. The molecule has 4 aromatic carbocycles. The number of fused-ring (bicyclic) bond motifs is 1. The minimum absolute atomic E-state index is 0.131. The molecule has 0 aliphatic heterocycles. The molecule has 0 aliphatic rings. The smallest absolute Gasteiger partial charge is 0.251 e. The molecule has 0 bridgehead atoms. The van der Waals surface area contributed by atoms with Crippen LogP contribution in [0.25, 0.3) is 10.8 Å². The number of carbonyl (C=O) groups is 4. The minimum atomic E-state index is -0.907. The van der Waals surface area contributed by atoms with Gasteiger partial charge in [0.15, 0.2) is 5.78 Å². The Morgan fingerprint density at radius 3 is 2.10 bits per heavy atom. The quantitative estimate of drug-likeness (QED) is 0.126. The van der Waals surface area contributed by atoms with Gasteiger partial charge in [0.05, 0.1) is 6.04 Å². The molecule has 0 aliphatic carbocycles. The summed E-state index contributed by atoms with van der Waals surface area (Å²) in [4.78, 5) is 56.2. The summed E-state index contributed by atoms with van der Waals surface area (Å²) in [5.74, 6) is -2.05. The van der Waals surface area contributed by atoms with Crippen molar-refractivity contribution in [2.24, 2.45) is 17.4 Å². The van der Waals surface area contributed by atoms with Crippen molar-refractivity contribution in [2.75, 3.05) is 20.6 Å². The van der Waals surface area contributed by atoms with Crippen LogP contribution in [0.15, 0.2) is 97.1 Å². The zero-order valence-corrected chi connectivity index (χ0v) is 27.9. The highest BCUT2D eigenvalue weighted by molar-refractivity contribution is 5.99. The summed E-state index contributed by atoms with van der Waals surface area (Å²) in [6, 6.07) is 28.7. The molecule has 0 saturated carbocycles. The first-order valence-electron chi connectivity index (χ1n) is 16.5. The molecule has 4 aromatic rings. The van der Waals surface area contributed by atoms with Gasteiger partial charge in [0.1, 0.15) is 6.04 Å². The number of ketones is 1. The molecule has 48 heavy (non-hydrogen) atoms. The standard InChI is InChI=1S/C39H47N5O4/c1-44(2)39(48)34(17-8-9-20-40)42-38(47)33(21-27-11-4-3-5-12-27)25-36(45)35(43-37(46)32-16-10-13-29(23-32)26-41)24-28-18-19-30-14-6-7-15-31(30)22-28/h3-7,10-16,18-19,22-23,33-35H,8-9,17,20-21,24-26,40-41H2,1-2H3,(H,42,47)(H,43,46). The number of benzene rings is 4. The van der Waals surface area contributed by atoms with Gasteiger partial charge in [-0.15, -0.1) is 0 Å². The molecule has 6 N–H and O–H groups in total. The molecular weight excluding hydrogens is 602 g/mol. The largest absolute Gasteiger partial charge is 0.347 e. The molecule has 3 atom stereocenters. The van der Waals surface area contributed by atoms with Crippen molar-refractivity contribution in [3.8, 4) is 0 Å². The molecular formula is C39H47N5O4. The summed E-state index contributed by atoms with van der Waals surface area (Å²) in [6.45, 7) is 0.767. The van der Waals surface area contributed by atoms with Crippen molar-refractivity contribution in [3.05, 3.63) is 119 Å². The summed E-state index contributed by atoms with van der Waals surface area (Å²) in [5, 5.41) is 8.01. The normalized spacial score (nSPS) is 12.9. The predicted molar refractivity (Wildman–Crippen MR) is 190 cm³/mol. The molecule has 0 radical (unpaired) electrons. The lowest BCUT2D eigenvalue weighted by molar-refractivity contribution is -0.136. The van der Waals surface area contributed by atoms with Crippen LogP contribution in [0, 0.1) is 5.92 Å². The Morgan fingerprint density at radius 2 is 1.40 bits per heavy atom. The van der Waals surface area contributed by atoms with Crippen LogP contribution in [0.2, 0.25) is 0 Å². The highest BCUT2D eigenvalue weighted by Gasteiger charge is 2.31. The number of nitrogens with two attached hydrogens (primary N) is 2. The van der Waals surface area contributed by atoms with E-state index in [9.17, 15) is 19.2 Å². The first kappa shape index (κ1) is 36.0. The number of carbonyl (C=O) groups excluding carboxylic acids is 4. The molecule has 3 unspecified atom stereocenters. The monoisotopic (exact) mass is 649 g/mol. The van der Waals surface area contributed by atoms with Crippen molar-refractivity contribution < 1.29 is 19.2 Å². The van der Waals surface area contributed by atoms with Gasteiger partial charge in [-0.1, -0.05) is 84.9 Å². The summed E-state index contributed by atoms with van der Waals surface area (Å²) >= 11 is 0. The Balaban J connectivity index is 1.62. The van der Waals surface area contributed by atoms with Gasteiger partial charge in [0.25, 0.3) is 5.91 Å². The molecule has 0 aromatic heterocycles. The number of nitrogens with one attached hydrogen (secondary N) is 2. The number of nitrogens with zero attached hydrogens (tertiary/aromatic N) is 1. The van der Waals surface area contributed by atoms with Gasteiger partial charge in [0.2, 0.25) is 11.8 Å². The fourth-order valence-corrected chi connectivity index (χ4v) is 5.82. The zero-order valence-electron chi connectivity index (χ0n) is 27.9. The Morgan fingerprint density at radius 1 is 0.688 bits per heavy atom. The second-order valence-corrected chi connectivity index (χ2v) is 12.5. The van der Waals surface area contributed by atoms with Crippen LogP contribution in [0.5, 0.6) is 0 Å². The lowest BCUT2D eigenvalue weighted by atomic mass is 9.89. The van der Waals surface area contributed by atoms with Crippen LogP contribution in [-0.4, -0.2) is 61.1 Å². The average molecular weight is 650 g/mol. The highest BCUT2D eigenvalue weighted by atomic mass is 16.2. The molecule has 4 rings (SSSR count). The van der Waals surface area contributed by atoms with E-state index in [2.05, 4.69) is 10.6 Å². The topological polar surface area (TPSA) is 148 Å². The Kier molecular flexibility index (Phi) is 13.4. The Labute approximate surface area is 283 Å². The van der Waals surface area contributed by atoms with Gasteiger partial charge >= 0.3 is 0 Å². The van der Waals surface area contributed by atoms with E-state index >= 15 is 0 Å². The third kappa shape index (κ3) is 10.3. The van der Waals surface area contributed by atoms with Crippen LogP contribution < -0.4 is 22.1 Å². The molecule has 3 amide bonds. The third-order valence-corrected chi connectivity index (χ3v) is 8.52. The van der Waals surface area contributed by atoms with Crippen molar-refractivity contribution in [2.45, 2.75) is 57.2 Å². The number of amides is 3. The van der Waals surface area contributed by atoms with E-state index in [1.807, 2.05) is 78.9 Å². The van der Waals surface area contributed by atoms with Crippen molar-refractivity contribution >= 4 is 34.3 Å². The van der Waals surface area contributed by atoms with E-state index in [1.54, 1.807) is 32.3 Å². The van der Waals surface area contributed by atoms with Gasteiger partial charge in [0, 0.05) is 38.5 Å². The molecule has 0 fully saturated rings. The summed E-state index contributed by atoms with van der Waals surface area (Å²) in [6.07, 6.45) is 2.24. The van der Waals surface area contributed by atoms with E-state index in [1.165, 1.54) is 4.90 Å².